The molecule has 2 rings (SSSR count). The van der Waals surface area contributed by atoms with Crippen molar-refractivity contribution in [1.82, 2.24) is 5.32 Å². The molecule has 0 saturated heterocycles. The van der Waals surface area contributed by atoms with E-state index in [9.17, 15) is 0 Å². The Kier molecular flexibility index (Phi) is 5.25. The zero-order chi connectivity index (χ0) is 12.8. The van der Waals surface area contributed by atoms with E-state index >= 15 is 0 Å². The molecule has 0 spiro atoms. The van der Waals surface area contributed by atoms with Crippen molar-refractivity contribution in [2.75, 3.05) is 0 Å². The van der Waals surface area contributed by atoms with E-state index in [0.29, 0.717) is 6.04 Å². The fraction of sp³-hybridized carbons (Fsp3) is 0.647. The Labute approximate surface area is 112 Å². The summed E-state index contributed by atoms with van der Waals surface area (Å²) >= 11 is 0. The van der Waals surface area contributed by atoms with Crippen LogP contribution in [0.15, 0.2) is 30.3 Å². The Hall–Kier alpha value is -0.820. The summed E-state index contributed by atoms with van der Waals surface area (Å²) in [4.78, 5) is 0. The molecule has 1 aliphatic rings. The lowest BCUT2D eigenvalue weighted by atomic mass is 10.0. The lowest BCUT2D eigenvalue weighted by Crippen LogP contribution is -2.35. The molecule has 0 bridgehead atoms. The van der Waals surface area contributed by atoms with Crippen LogP contribution in [0.1, 0.15) is 51.5 Å². The van der Waals surface area contributed by atoms with Crippen LogP contribution in [0.2, 0.25) is 0 Å². The van der Waals surface area contributed by atoms with Gasteiger partial charge in [-0.25, -0.2) is 0 Å². The van der Waals surface area contributed by atoms with Gasteiger partial charge in [-0.05, 0) is 50.5 Å². The Balaban J connectivity index is 1.68. The molecule has 1 aliphatic carbocycles. The number of hydrogen-bond acceptors (Lipinski definition) is 1. The van der Waals surface area contributed by atoms with Crippen LogP contribution in [0.4, 0.5) is 0 Å². The van der Waals surface area contributed by atoms with E-state index in [2.05, 4.69) is 49.5 Å². The van der Waals surface area contributed by atoms with E-state index in [1.165, 1.54) is 44.1 Å². The van der Waals surface area contributed by atoms with Gasteiger partial charge in [-0.2, -0.15) is 0 Å². The van der Waals surface area contributed by atoms with Gasteiger partial charge in [-0.1, -0.05) is 43.7 Å². The molecule has 1 aromatic rings. The standard InChI is InChI=1S/C17H27N/c1-3-15-11-12-17(13-15)18-14(2)9-10-16-7-5-4-6-8-16/h4-8,14-15,17-18H,3,9-13H2,1-2H3. The third-order valence-corrected chi connectivity index (χ3v) is 4.35. The zero-order valence-electron chi connectivity index (χ0n) is 11.9. The van der Waals surface area contributed by atoms with Crippen LogP contribution in [0, 0.1) is 5.92 Å². The van der Waals surface area contributed by atoms with Crippen LogP contribution < -0.4 is 5.32 Å². The summed E-state index contributed by atoms with van der Waals surface area (Å²) in [7, 11) is 0. The molecule has 1 aromatic carbocycles. The van der Waals surface area contributed by atoms with Gasteiger partial charge in [0.1, 0.15) is 0 Å². The molecule has 1 N–H and O–H groups in total. The summed E-state index contributed by atoms with van der Waals surface area (Å²) in [5.74, 6) is 0.976. The Bertz CT molecular complexity index is 333. The highest BCUT2D eigenvalue weighted by Crippen LogP contribution is 2.28. The van der Waals surface area contributed by atoms with Gasteiger partial charge < -0.3 is 5.32 Å². The highest BCUT2D eigenvalue weighted by molar-refractivity contribution is 5.14. The Morgan fingerprint density at radius 2 is 2.00 bits per heavy atom. The monoisotopic (exact) mass is 245 g/mol. The van der Waals surface area contributed by atoms with Gasteiger partial charge in [-0.15, -0.1) is 0 Å². The Morgan fingerprint density at radius 3 is 2.67 bits per heavy atom. The molecule has 1 fully saturated rings. The van der Waals surface area contributed by atoms with Crippen molar-refractivity contribution in [3.63, 3.8) is 0 Å². The minimum atomic E-state index is 0.644. The topological polar surface area (TPSA) is 12.0 Å². The van der Waals surface area contributed by atoms with Crippen molar-refractivity contribution < 1.29 is 0 Å². The minimum Gasteiger partial charge on any atom is -0.311 e. The van der Waals surface area contributed by atoms with E-state index < -0.39 is 0 Å². The summed E-state index contributed by atoms with van der Waals surface area (Å²) in [5, 5.41) is 3.81. The van der Waals surface area contributed by atoms with E-state index in [-0.39, 0.29) is 0 Å². The predicted molar refractivity (Wildman–Crippen MR) is 78.8 cm³/mol. The second-order valence-electron chi connectivity index (χ2n) is 5.88. The minimum absolute atomic E-state index is 0.644. The molecule has 100 valence electrons. The smallest absolute Gasteiger partial charge is 0.00722 e. The van der Waals surface area contributed by atoms with Crippen LogP contribution in [-0.4, -0.2) is 12.1 Å². The maximum absolute atomic E-state index is 3.81. The van der Waals surface area contributed by atoms with Gasteiger partial charge in [-0.3, -0.25) is 0 Å². The fourth-order valence-electron chi connectivity index (χ4n) is 3.11. The van der Waals surface area contributed by atoms with Gasteiger partial charge in [0.15, 0.2) is 0 Å². The van der Waals surface area contributed by atoms with E-state index in [1.54, 1.807) is 0 Å². The summed E-state index contributed by atoms with van der Waals surface area (Å²) in [5.41, 5.74) is 1.46. The van der Waals surface area contributed by atoms with Gasteiger partial charge in [0.25, 0.3) is 0 Å². The molecule has 0 amide bonds. The first-order valence-corrected chi connectivity index (χ1v) is 7.58. The SMILES string of the molecule is CCC1CCC(NC(C)CCc2ccccc2)C1. The molecule has 1 saturated carbocycles. The molecule has 1 nitrogen and oxygen atoms in total. The molecule has 0 aromatic heterocycles. The lowest BCUT2D eigenvalue weighted by molar-refractivity contribution is 0.415. The highest BCUT2D eigenvalue weighted by atomic mass is 14.9. The van der Waals surface area contributed by atoms with Gasteiger partial charge in [0, 0.05) is 12.1 Å². The third-order valence-electron chi connectivity index (χ3n) is 4.35. The van der Waals surface area contributed by atoms with Gasteiger partial charge >= 0.3 is 0 Å². The van der Waals surface area contributed by atoms with Crippen LogP contribution in [0.25, 0.3) is 0 Å². The highest BCUT2D eigenvalue weighted by Gasteiger charge is 2.23. The number of benzene rings is 1. The second kappa shape index (κ2) is 6.94. The third kappa shape index (κ3) is 4.13. The van der Waals surface area contributed by atoms with Crippen molar-refractivity contribution in [2.45, 2.75) is 64.5 Å². The molecule has 0 heterocycles. The number of nitrogens with one attached hydrogen (secondary N) is 1. The van der Waals surface area contributed by atoms with Gasteiger partial charge in [0.2, 0.25) is 0 Å². The maximum Gasteiger partial charge on any atom is 0.00722 e. The van der Waals surface area contributed by atoms with Crippen LogP contribution >= 0.6 is 0 Å². The average Bonchev–Trinajstić information content (AvgIpc) is 2.85. The van der Waals surface area contributed by atoms with Crippen LogP contribution in [0.3, 0.4) is 0 Å². The molecular formula is C17H27N. The molecular weight excluding hydrogens is 218 g/mol. The molecule has 1 heteroatoms. The van der Waals surface area contributed by atoms with E-state index in [4.69, 9.17) is 0 Å². The van der Waals surface area contributed by atoms with Gasteiger partial charge in [0.05, 0.1) is 0 Å². The number of hydrogen-bond donors (Lipinski definition) is 1. The van der Waals surface area contributed by atoms with E-state index in [0.717, 1.165) is 12.0 Å². The van der Waals surface area contributed by atoms with Crippen molar-refractivity contribution in [3.8, 4) is 0 Å². The summed E-state index contributed by atoms with van der Waals surface area (Å²) in [6.07, 6.45) is 8.01. The first kappa shape index (κ1) is 13.6. The first-order valence-electron chi connectivity index (χ1n) is 7.58. The average molecular weight is 245 g/mol. The zero-order valence-corrected chi connectivity index (χ0v) is 11.9. The molecule has 3 atom stereocenters. The predicted octanol–water partition coefficient (Wildman–Crippen LogP) is 4.18. The van der Waals surface area contributed by atoms with Crippen molar-refractivity contribution >= 4 is 0 Å². The summed E-state index contributed by atoms with van der Waals surface area (Å²) in [6, 6.07) is 12.2. The van der Waals surface area contributed by atoms with Crippen molar-refractivity contribution in [2.24, 2.45) is 5.92 Å². The number of rotatable bonds is 6. The molecule has 0 radical (unpaired) electrons. The quantitative estimate of drug-likeness (QED) is 0.793. The van der Waals surface area contributed by atoms with Crippen LogP contribution in [-0.2, 0) is 6.42 Å². The summed E-state index contributed by atoms with van der Waals surface area (Å²) < 4.78 is 0. The lowest BCUT2D eigenvalue weighted by Gasteiger charge is -2.19. The normalized spacial score (nSPS) is 25.2. The largest absolute Gasteiger partial charge is 0.311 e. The molecule has 0 aliphatic heterocycles. The molecule has 18 heavy (non-hydrogen) atoms. The summed E-state index contributed by atoms with van der Waals surface area (Å²) in [6.45, 7) is 4.66. The molecule has 3 unspecified atom stereocenters. The van der Waals surface area contributed by atoms with Crippen molar-refractivity contribution in [1.29, 1.82) is 0 Å². The van der Waals surface area contributed by atoms with Crippen LogP contribution in [0.5, 0.6) is 0 Å². The van der Waals surface area contributed by atoms with E-state index in [1.807, 2.05) is 0 Å². The first-order chi connectivity index (χ1) is 8.78. The number of aryl methyl sites for hydroxylation is 1. The Morgan fingerprint density at radius 1 is 1.22 bits per heavy atom. The fourth-order valence-corrected chi connectivity index (χ4v) is 3.11. The van der Waals surface area contributed by atoms with Crippen molar-refractivity contribution in [3.05, 3.63) is 35.9 Å². The maximum atomic E-state index is 3.81. The second-order valence-corrected chi connectivity index (χ2v) is 5.88.